The van der Waals surface area contributed by atoms with Gasteiger partial charge in [-0.05, 0) is 32.0 Å². The Kier molecular flexibility index (Phi) is 5.56. The summed E-state index contributed by atoms with van der Waals surface area (Å²) in [5.41, 5.74) is 1.10. The van der Waals surface area contributed by atoms with Gasteiger partial charge in [0.25, 0.3) is 0 Å². The van der Waals surface area contributed by atoms with Gasteiger partial charge in [0.05, 0.1) is 5.02 Å². The van der Waals surface area contributed by atoms with Crippen LogP contribution in [0.4, 0.5) is 5.82 Å². The van der Waals surface area contributed by atoms with Crippen molar-refractivity contribution in [3.8, 4) is 0 Å². The van der Waals surface area contributed by atoms with Gasteiger partial charge in [-0.15, -0.1) is 0 Å². The molecule has 16 heavy (non-hydrogen) atoms. The van der Waals surface area contributed by atoms with Crippen LogP contribution in [0.3, 0.4) is 0 Å². The van der Waals surface area contributed by atoms with Crippen molar-refractivity contribution < 1.29 is 0 Å². The van der Waals surface area contributed by atoms with E-state index in [1.165, 1.54) is 0 Å². The summed E-state index contributed by atoms with van der Waals surface area (Å²) in [5, 5.41) is 3.84. The molecule has 0 saturated heterocycles. The Labute approximate surface area is 103 Å². The molecule has 0 spiro atoms. The van der Waals surface area contributed by atoms with Gasteiger partial charge in [0.15, 0.2) is 0 Å². The molecule has 0 saturated carbocycles. The molecule has 0 amide bonds. The first-order valence-corrected chi connectivity index (χ1v) is 6.14. The van der Waals surface area contributed by atoms with Gasteiger partial charge in [0.1, 0.15) is 5.82 Å². The molecular weight excluding hydrogens is 222 g/mol. The maximum atomic E-state index is 6.08. The minimum Gasteiger partial charge on any atom is -0.357 e. The molecule has 0 atom stereocenters. The zero-order chi connectivity index (χ0) is 12.0. The number of aromatic nitrogens is 1. The fourth-order valence-corrected chi connectivity index (χ4v) is 1.84. The Bertz CT molecular complexity index is 328. The third kappa shape index (κ3) is 3.35. The van der Waals surface area contributed by atoms with Crippen LogP contribution in [0.1, 0.15) is 25.8 Å². The summed E-state index contributed by atoms with van der Waals surface area (Å²) < 4.78 is 0. The lowest BCUT2D eigenvalue weighted by atomic mass is 10.2. The second-order valence-corrected chi connectivity index (χ2v) is 4.15. The summed E-state index contributed by atoms with van der Waals surface area (Å²) in [5.74, 6) is 1.01. The zero-order valence-electron chi connectivity index (χ0n) is 10.3. The first kappa shape index (κ1) is 13.3. The van der Waals surface area contributed by atoms with Crippen molar-refractivity contribution in [2.75, 3.05) is 25.0 Å². The lowest BCUT2D eigenvalue weighted by Crippen LogP contribution is -2.24. The summed E-state index contributed by atoms with van der Waals surface area (Å²) in [7, 11) is 1.92. The van der Waals surface area contributed by atoms with E-state index in [0.717, 1.165) is 42.5 Å². The topological polar surface area (TPSA) is 28.2 Å². The highest BCUT2D eigenvalue weighted by Crippen LogP contribution is 2.20. The average Bonchev–Trinajstić information content (AvgIpc) is 2.29. The normalized spacial score (nSPS) is 10.5. The van der Waals surface area contributed by atoms with Crippen molar-refractivity contribution in [1.29, 1.82) is 0 Å². The van der Waals surface area contributed by atoms with Crippen LogP contribution < -0.4 is 10.2 Å². The monoisotopic (exact) mass is 241 g/mol. The second kappa shape index (κ2) is 6.71. The first-order chi connectivity index (χ1) is 7.72. The van der Waals surface area contributed by atoms with Gasteiger partial charge in [0.2, 0.25) is 0 Å². The highest BCUT2D eigenvalue weighted by Gasteiger charge is 2.07. The highest BCUT2D eigenvalue weighted by atomic mass is 35.5. The molecule has 0 fully saturated rings. The van der Waals surface area contributed by atoms with Gasteiger partial charge < -0.3 is 10.2 Å². The van der Waals surface area contributed by atoms with E-state index in [1.54, 1.807) is 6.20 Å². The lowest BCUT2D eigenvalue weighted by Gasteiger charge is -2.22. The third-order valence-electron chi connectivity index (χ3n) is 2.49. The molecule has 0 aromatic carbocycles. The van der Waals surface area contributed by atoms with E-state index in [0.29, 0.717) is 0 Å². The maximum absolute atomic E-state index is 6.08. The Morgan fingerprint density at radius 2 is 2.19 bits per heavy atom. The molecule has 0 aliphatic rings. The number of pyridine rings is 1. The molecule has 1 N–H and O–H groups in total. The Morgan fingerprint density at radius 3 is 2.75 bits per heavy atom. The molecule has 1 rings (SSSR count). The molecule has 0 aliphatic heterocycles. The van der Waals surface area contributed by atoms with Crippen LogP contribution in [0, 0.1) is 0 Å². The largest absolute Gasteiger partial charge is 0.357 e. The van der Waals surface area contributed by atoms with Crippen LogP contribution in [-0.4, -0.2) is 25.1 Å². The van der Waals surface area contributed by atoms with E-state index in [4.69, 9.17) is 11.6 Å². The average molecular weight is 242 g/mol. The quantitative estimate of drug-likeness (QED) is 0.830. The molecule has 4 heteroatoms. The van der Waals surface area contributed by atoms with Crippen LogP contribution in [0.25, 0.3) is 0 Å². The molecule has 0 aliphatic carbocycles. The molecule has 1 heterocycles. The summed E-state index contributed by atoms with van der Waals surface area (Å²) in [4.78, 5) is 6.64. The van der Waals surface area contributed by atoms with Crippen molar-refractivity contribution in [3.05, 3.63) is 22.8 Å². The van der Waals surface area contributed by atoms with Crippen LogP contribution in [0.2, 0.25) is 5.02 Å². The molecular formula is C12H20ClN3. The van der Waals surface area contributed by atoms with Gasteiger partial charge in [-0.3, -0.25) is 0 Å². The lowest BCUT2D eigenvalue weighted by molar-refractivity contribution is 0.771. The van der Waals surface area contributed by atoms with Crippen molar-refractivity contribution in [3.63, 3.8) is 0 Å². The first-order valence-electron chi connectivity index (χ1n) is 5.76. The molecule has 1 aromatic heterocycles. The molecule has 90 valence electrons. The van der Waals surface area contributed by atoms with Crippen molar-refractivity contribution in [1.82, 2.24) is 10.3 Å². The van der Waals surface area contributed by atoms with Crippen LogP contribution in [-0.2, 0) is 6.54 Å². The van der Waals surface area contributed by atoms with Gasteiger partial charge >= 0.3 is 0 Å². The van der Waals surface area contributed by atoms with Crippen LogP contribution >= 0.6 is 11.6 Å². The number of nitrogens with zero attached hydrogens (tertiary/aromatic N) is 2. The number of hydrogen-bond acceptors (Lipinski definition) is 3. The van der Waals surface area contributed by atoms with Crippen molar-refractivity contribution >= 4 is 17.4 Å². The third-order valence-corrected chi connectivity index (χ3v) is 2.83. The smallest absolute Gasteiger partial charge is 0.128 e. The standard InChI is InChI=1S/C12H20ClN3/c1-4-6-16(5-2)12-7-10(8-14-3)11(13)9-15-12/h7,9,14H,4-6,8H2,1-3H3. The number of nitrogens with one attached hydrogen (secondary N) is 1. The van der Waals surface area contributed by atoms with Gasteiger partial charge in [-0.1, -0.05) is 18.5 Å². The second-order valence-electron chi connectivity index (χ2n) is 3.74. The van der Waals surface area contributed by atoms with Crippen LogP contribution in [0.5, 0.6) is 0 Å². The Balaban J connectivity index is 2.91. The summed E-state index contributed by atoms with van der Waals surface area (Å²) in [6, 6.07) is 2.07. The highest BCUT2D eigenvalue weighted by molar-refractivity contribution is 6.31. The molecule has 0 unspecified atom stereocenters. The van der Waals surface area contributed by atoms with Crippen LogP contribution in [0.15, 0.2) is 12.3 Å². The van der Waals surface area contributed by atoms with Crippen molar-refractivity contribution in [2.24, 2.45) is 0 Å². The number of hydrogen-bond donors (Lipinski definition) is 1. The van der Waals surface area contributed by atoms with Gasteiger partial charge in [-0.25, -0.2) is 4.98 Å². The Hall–Kier alpha value is -0.800. The van der Waals surface area contributed by atoms with E-state index in [1.807, 2.05) is 7.05 Å². The fraction of sp³-hybridized carbons (Fsp3) is 0.583. The molecule has 0 radical (unpaired) electrons. The minimum absolute atomic E-state index is 0.727. The molecule has 3 nitrogen and oxygen atoms in total. The summed E-state index contributed by atoms with van der Waals surface area (Å²) in [6.07, 6.45) is 2.86. The zero-order valence-corrected chi connectivity index (χ0v) is 11.0. The van der Waals surface area contributed by atoms with E-state index < -0.39 is 0 Å². The minimum atomic E-state index is 0.727. The van der Waals surface area contributed by atoms with Gasteiger partial charge in [-0.2, -0.15) is 0 Å². The number of rotatable bonds is 6. The van der Waals surface area contributed by atoms with E-state index >= 15 is 0 Å². The van der Waals surface area contributed by atoms with E-state index in [9.17, 15) is 0 Å². The predicted octanol–water partition coefficient (Wildman–Crippen LogP) is 2.69. The maximum Gasteiger partial charge on any atom is 0.128 e. The predicted molar refractivity (Wildman–Crippen MR) is 70.2 cm³/mol. The molecule has 0 bridgehead atoms. The van der Waals surface area contributed by atoms with E-state index in [2.05, 4.69) is 35.1 Å². The van der Waals surface area contributed by atoms with E-state index in [-0.39, 0.29) is 0 Å². The molecule has 1 aromatic rings. The number of anilines is 1. The summed E-state index contributed by atoms with van der Waals surface area (Å²) in [6.45, 7) is 7.10. The SMILES string of the molecule is CCCN(CC)c1cc(CNC)c(Cl)cn1. The van der Waals surface area contributed by atoms with Crippen molar-refractivity contribution in [2.45, 2.75) is 26.8 Å². The Morgan fingerprint density at radius 1 is 1.44 bits per heavy atom. The number of halogens is 1. The summed E-state index contributed by atoms with van der Waals surface area (Å²) >= 11 is 6.08. The fourth-order valence-electron chi connectivity index (χ4n) is 1.67. The van der Waals surface area contributed by atoms with Gasteiger partial charge in [0, 0.05) is 25.8 Å².